The minimum Gasteiger partial charge on any atom is -0.311 e. The zero-order valence-electron chi connectivity index (χ0n) is 11.2. The predicted molar refractivity (Wildman–Crippen MR) is 80.3 cm³/mol. The van der Waals surface area contributed by atoms with Crippen LogP contribution in [0.2, 0.25) is 0 Å². The van der Waals surface area contributed by atoms with Crippen molar-refractivity contribution in [1.29, 1.82) is 0 Å². The summed E-state index contributed by atoms with van der Waals surface area (Å²) in [5, 5.41) is 7.59. The first-order valence-corrected chi connectivity index (χ1v) is 7.79. The Morgan fingerprint density at radius 1 is 1.33 bits per heavy atom. The van der Waals surface area contributed by atoms with Gasteiger partial charge < -0.3 is 5.32 Å². The highest BCUT2D eigenvalue weighted by atomic mass is 32.1. The molecule has 2 heteroatoms. The van der Waals surface area contributed by atoms with Gasteiger partial charge in [-0.25, -0.2) is 0 Å². The van der Waals surface area contributed by atoms with Crippen LogP contribution in [0.1, 0.15) is 32.3 Å². The van der Waals surface area contributed by atoms with Gasteiger partial charge in [0.2, 0.25) is 0 Å². The molecule has 18 heavy (non-hydrogen) atoms. The summed E-state index contributed by atoms with van der Waals surface area (Å²) in [5.74, 6) is 0.693. The van der Waals surface area contributed by atoms with Gasteiger partial charge in [0.05, 0.1) is 0 Å². The molecule has 0 bridgehead atoms. The van der Waals surface area contributed by atoms with E-state index in [4.69, 9.17) is 0 Å². The first-order valence-electron chi connectivity index (χ1n) is 6.91. The molecule has 1 aromatic heterocycles. The van der Waals surface area contributed by atoms with E-state index in [-0.39, 0.29) is 0 Å². The number of benzene rings is 1. The van der Waals surface area contributed by atoms with E-state index in [1.54, 1.807) is 0 Å². The third-order valence-corrected chi connectivity index (χ3v) is 5.46. The van der Waals surface area contributed by atoms with E-state index >= 15 is 0 Å². The number of rotatable bonds is 3. The minimum absolute atomic E-state index is 0.323. The fraction of sp³-hybridized carbons (Fsp3) is 0.500. The molecular weight excluding hydrogens is 238 g/mol. The minimum atomic E-state index is 0.323. The van der Waals surface area contributed by atoms with Crippen molar-refractivity contribution in [2.75, 3.05) is 6.54 Å². The summed E-state index contributed by atoms with van der Waals surface area (Å²) in [7, 11) is 0. The van der Waals surface area contributed by atoms with Gasteiger partial charge in [0, 0.05) is 10.2 Å². The Kier molecular flexibility index (Phi) is 3.16. The van der Waals surface area contributed by atoms with Crippen LogP contribution in [0.5, 0.6) is 0 Å². The Balaban J connectivity index is 1.96. The van der Waals surface area contributed by atoms with Gasteiger partial charge >= 0.3 is 0 Å². The molecule has 3 rings (SSSR count). The van der Waals surface area contributed by atoms with Gasteiger partial charge in [-0.1, -0.05) is 32.0 Å². The van der Waals surface area contributed by atoms with Gasteiger partial charge in [-0.2, -0.15) is 0 Å². The van der Waals surface area contributed by atoms with Crippen LogP contribution in [0.25, 0.3) is 10.1 Å². The first-order chi connectivity index (χ1) is 8.71. The van der Waals surface area contributed by atoms with Gasteiger partial charge in [0.1, 0.15) is 0 Å². The standard InChI is InChI=1S/C16H21NS/c1-12(2)16(8-5-9-17-16)10-13-11-18-15-7-4-3-6-14(13)15/h3-4,6-7,11-12,17H,5,8-10H2,1-2H3. The lowest BCUT2D eigenvalue weighted by molar-refractivity contribution is 0.270. The smallest absolute Gasteiger partial charge is 0.0345 e. The third kappa shape index (κ3) is 1.98. The molecule has 1 N–H and O–H groups in total. The number of hydrogen-bond acceptors (Lipinski definition) is 2. The quantitative estimate of drug-likeness (QED) is 0.870. The van der Waals surface area contributed by atoms with E-state index in [9.17, 15) is 0 Å². The summed E-state index contributed by atoms with van der Waals surface area (Å²) in [6.45, 7) is 5.89. The van der Waals surface area contributed by atoms with Crippen LogP contribution in [0, 0.1) is 5.92 Å². The van der Waals surface area contributed by atoms with Crippen molar-refractivity contribution in [3.63, 3.8) is 0 Å². The molecule has 0 radical (unpaired) electrons. The maximum absolute atomic E-state index is 3.78. The highest BCUT2D eigenvalue weighted by molar-refractivity contribution is 7.17. The summed E-state index contributed by atoms with van der Waals surface area (Å²) in [6.07, 6.45) is 3.81. The Hall–Kier alpha value is -0.860. The number of nitrogens with one attached hydrogen (secondary N) is 1. The lowest BCUT2D eigenvalue weighted by atomic mass is 9.80. The topological polar surface area (TPSA) is 12.0 Å². The third-order valence-electron chi connectivity index (χ3n) is 4.45. The van der Waals surface area contributed by atoms with E-state index in [0.717, 1.165) is 0 Å². The van der Waals surface area contributed by atoms with Crippen LogP contribution >= 0.6 is 11.3 Å². The van der Waals surface area contributed by atoms with E-state index in [1.807, 2.05) is 11.3 Å². The zero-order valence-corrected chi connectivity index (χ0v) is 12.0. The molecule has 1 unspecified atom stereocenters. The number of fused-ring (bicyclic) bond motifs is 1. The lowest BCUT2D eigenvalue weighted by Gasteiger charge is -2.34. The zero-order chi connectivity index (χ0) is 12.6. The molecule has 1 atom stereocenters. The first kappa shape index (κ1) is 12.2. The molecule has 1 aliphatic heterocycles. The Bertz CT molecular complexity index is 535. The number of hydrogen-bond donors (Lipinski definition) is 1. The largest absolute Gasteiger partial charge is 0.311 e. The summed E-state index contributed by atoms with van der Waals surface area (Å²) in [6, 6.07) is 8.79. The highest BCUT2D eigenvalue weighted by Crippen LogP contribution is 2.35. The van der Waals surface area contributed by atoms with Crippen molar-refractivity contribution in [3.05, 3.63) is 35.2 Å². The van der Waals surface area contributed by atoms with E-state index in [0.29, 0.717) is 11.5 Å². The molecular formula is C16H21NS. The summed E-state index contributed by atoms with van der Waals surface area (Å²) < 4.78 is 1.42. The van der Waals surface area contributed by atoms with Crippen molar-refractivity contribution in [2.24, 2.45) is 5.92 Å². The van der Waals surface area contributed by atoms with Crippen LogP contribution < -0.4 is 5.32 Å². The van der Waals surface area contributed by atoms with Crippen molar-refractivity contribution in [2.45, 2.75) is 38.6 Å². The summed E-state index contributed by atoms with van der Waals surface area (Å²) >= 11 is 1.88. The average molecular weight is 259 g/mol. The Labute approximate surface area is 113 Å². The summed E-state index contributed by atoms with van der Waals surface area (Å²) in [5.41, 5.74) is 1.85. The van der Waals surface area contributed by atoms with Crippen molar-refractivity contribution in [1.82, 2.24) is 5.32 Å². The Morgan fingerprint density at radius 3 is 2.89 bits per heavy atom. The van der Waals surface area contributed by atoms with Crippen LogP contribution in [0.15, 0.2) is 29.6 Å². The van der Waals surface area contributed by atoms with Gasteiger partial charge in [0.15, 0.2) is 0 Å². The van der Waals surface area contributed by atoms with E-state index in [1.165, 1.54) is 41.5 Å². The van der Waals surface area contributed by atoms with E-state index < -0.39 is 0 Å². The number of thiophene rings is 1. The van der Waals surface area contributed by atoms with Gasteiger partial charge in [-0.3, -0.25) is 0 Å². The maximum atomic E-state index is 3.78. The van der Waals surface area contributed by atoms with Crippen LogP contribution in [0.4, 0.5) is 0 Å². The van der Waals surface area contributed by atoms with Crippen LogP contribution in [-0.4, -0.2) is 12.1 Å². The van der Waals surface area contributed by atoms with Gasteiger partial charge in [-0.05, 0) is 54.1 Å². The fourth-order valence-electron chi connectivity index (χ4n) is 3.19. The molecule has 0 aliphatic carbocycles. The average Bonchev–Trinajstić information content (AvgIpc) is 2.99. The molecule has 0 amide bonds. The molecule has 2 aromatic rings. The molecule has 0 spiro atoms. The fourth-order valence-corrected chi connectivity index (χ4v) is 4.15. The van der Waals surface area contributed by atoms with Crippen LogP contribution in [0.3, 0.4) is 0 Å². The maximum Gasteiger partial charge on any atom is 0.0345 e. The SMILES string of the molecule is CC(C)C1(Cc2csc3ccccc23)CCCN1. The molecule has 2 heterocycles. The van der Waals surface area contributed by atoms with Crippen molar-refractivity contribution >= 4 is 21.4 Å². The van der Waals surface area contributed by atoms with Gasteiger partial charge in [0.25, 0.3) is 0 Å². The van der Waals surface area contributed by atoms with Crippen molar-refractivity contribution < 1.29 is 0 Å². The Morgan fingerprint density at radius 2 is 2.17 bits per heavy atom. The second-order valence-electron chi connectivity index (χ2n) is 5.78. The predicted octanol–water partition coefficient (Wildman–Crippen LogP) is 4.22. The molecule has 0 saturated carbocycles. The molecule has 1 nitrogen and oxygen atoms in total. The molecule has 1 aromatic carbocycles. The van der Waals surface area contributed by atoms with E-state index in [2.05, 4.69) is 48.8 Å². The summed E-state index contributed by atoms with van der Waals surface area (Å²) in [4.78, 5) is 0. The second-order valence-corrected chi connectivity index (χ2v) is 6.69. The second kappa shape index (κ2) is 4.67. The van der Waals surface area contributed by atoms with Gasteiger partial charge in [-0.15, -0.1) is 11.3 Å². The molecule has 1 saturated heterocycles. The van der Waals surface area contributed by atoms with Crippen molar-refractivity contribution in [3.8, 4) is 0 Å². The molecule has 1 aliphatic rings. The monoisotopic (exact) mass is 259 g/mol. The van der Waals surface area contributed by atoms with Crippen LogP contribution in [-0.2, 0) is 6.42 Å². The highest BCUT2D eigenvalue weighted by Gasteiger charge is 2.36. The normalized spacial score (nSPS) is 24.2. The molecule has 96 valence electrons. The molecule has 1 fully saturated rings. The lowest BCUT2D eigenvalue weighted by Crippen LogP contribution is -2.46.